The molecule has 1 saturated carbocycles. The van der Waals surface area contributed by atoms with Crippen molar-refractivity contribution < 1.29 is 9.59 Å². The predicted molar refractivity (Wildman–Crippen MR) is 95.1 cm³/mol. The lowest BCUT2D eigenvalue weighted by Gasteiger charge is -2.31. The summed E-state index contributed by atoms with van der Waals surface area (Å²) in [6.45, 7) is 3.87. The summed E-state index contributed by atoms with van der Waals surface area (Å²) in [5, 5.41) is 3.12. The van der Waals surface area contributed by atoms with Gasteiger partial charge in [-0.25, -0.2) is 0 Å². The molecule has 0 bridgehead atoms. The number of nitrogens with zero attached hydrogens (tertiary/aromatic N) is 1. The van der Waals surface area contributed by atoms with Gasteiger partial charge in [0.2, 0.25) is 0 Å². The van der Waals surface area contributed by atoms with Gasteiger partial charge in [0.05, 0.1) is 0 Å². The molecule has 3 rings (SSSR count). The molecule has 1 aromatic rings. The van der Waals surface area contributed by atoms with Gasteiger partial charge in [-0.15, -0.1) is 0 Å². The second kappa shape index (κ2) is 7.82. The van der Waals surface area contributed by atoms with Crippen molar-refractivity contribution in [2.24, 2.45) is 5.92 Å². The fourth-order valence-electron chi connectivity index (χ4n) is 3.84. The highest BCUT2D eigenvalue weighted by atomic mass is 16.2. The maximum absolute atomic E-state index is 12.6. The van der Waals surface area contributed by atoms with Crippen molar-refractivity contribution in [3.8, 4) is 0 Å². The van der Waals surface area contributed by atoms with Crippen molar-refractivity contribution >= 4 is 11.8 Å². The topological polar surface area (TPSA) is 49.4 Å². The van der Waals surface area contributed by atoms with E-state index < -0.39 is 0 Å². The van der Waals surface area contributed by atoms with Gasteiger partial charge in [-0.3, -0.25) is 9.59 Å². The van der Waals surface area contributed by atoms with Gasteiger partial charge in [-0.2, -0.15) is 0 Å². The molecule has 0 spiro atoms. The summed E-state index contributed by atoms with van der Waals surface area (Å²) in [5.41, 5.74) is 1.32. The van der Waals surface area contributed by atoms with Crippen molar-refractivity contribution in [1.29, 1.82) is 0 Å². The Morgan fingerprint density at radius 1 is 0.958 bits per heavy atom. The van der Waals surface area contributed by atoms with E-state index in [4.69, 9.17) is 0 Å². The molecule has 1 aliphatic carbocycles. The molecule has 24 heavy (non-hydrogen) atoms. The van der Waals surface area contributed by atoms with Gasteiger partial charge in [0.25, 0.3) is 11.8 Å². The Morgan fingerprint density at radius 3 is 2.29 bits per heavy atom. The average Bonchev–Trinajstić information content (AvgIpc) is 2.62. The minimum absolute atomic E-state index is 0.0208. The fraction of sp³-hybridized carbons (Fsp3) is 0.600. The number of amides is 2. The van der Waals surface area contributed by atoms with Gasteiger partial charge in [0.1, 0.15) is 0 Å². The van der Waals surface area contributed by atoms with Crippen LogP contribution < -0.4 is 5.32 Å². The Balaban J connectivity index is 1.60. The number of rotatable bonds is 3. The molecule has 2 fully saturated rings. The van der Waals surface area contributed by atoms with Crippen molar-refractivity contribution in [3.63, 3.8) is 0 Å². The molecule has 130 valence electrons. The molecule has 2 amide bonds. The van der Waals surface area contributed by atoms with E-state index in [1.54, 1.807) is 24.3 Å². The minimum Gasteiger partial charge on any atom is -0.349 e. The van der Waals surface area contributed by atoms with E-state index in [9.17, 15) is 9.59 Å². The highest BCUT2D eigenvalue weighted by molar-refractivity contribution is 5.98. The minimum atomic E-state index is -0.0208. The average molecular weight is 328 g/mol. The Bertz CT molecular complexity index is 576. The van der Waals surface area contributed by atoms with Gasteiger partial charge in [-0.1, -0.05) is 26.2 Å². The summed E-state index contributed by atoms with van der Waals surface area (Å²) >= 11 is 0. The number of nitrogens with one attached hydrogen (secondary N) is 1. The van der Waals surface area contributed by atoms with Crippen LogP contribution in [0, 0.1) is 5.92 Å². The summed E-state index contributed by atoms with van der Waals surface area (Å²) in [5.74, 6) is 0.636. The maximum atomic E-state index is 12.6. The molecular formula is C20H28N2O2. The molecular weight excluding hydrogens is 300 g/mol. The van der Waals surface area contributed by atoms with Gasteiger partial charge in [0, 0.05) is 30.3 Å². The highest BCUT2D eigenvalue weighted by Crippen LogP contribution is 2.19. The van der Waals surface area contributed by atoms with Crippen LogP contribution in [0.15, 0.2) is 24.3 Å². The van der Waals surface area contributed by atoms with Crippen molar-refractivity contribution in [3.05, 3.63) is 35.4 Å². The van der Waals surface area contributed by atoms with Crippen LogP contribution in [0.4, 0.5) is 0 Å². The van der Waals surface area contributed by atoms with Crippen LogP contribution in [0.25, 0.3) is 0 Å². The summed E-state index contributed by atoms with van der Waals surface area (Å²) in [4.78, 5) is 26.8. The first-order valence-electron chi connectivity index (χ1n) is 9.33. The number of carbonyl (C=O) groups excluding carboxylic acids is 2. The van der Waals surface area contributed by atoms with Gasteiger partial charge >= 0.3 is 0 Å². The quantitative estimate of drug-likeness (QED) is 0.921. The second-order valence-electron chi connectivity index (χ2n) is 7.38. The monoisotopic (exact) mass is 328 g/mol. The maximum Gasteiger partial charge on any atom is 0.253 e. The Hall–Kier alpha value is -1.84. The molecule has 1 saturated heterocycles. The molecule has 0 radical (unpaired) electrons. The van der Waals surface area contributed by atoms with Gasteiger partial charge < -0.3 is 10.2 Å². The van der Waals surface area contributed by atoms with Crippen LogP contribution in [0.3, 0.4) is 0 Å². The molecule has 4 nitrogen and oxygen atoms in total. The molecule has 2 aliphatic rings. The third-order valence-electron chi connectivity index (χ3n) is 5.28. The third-order valence-corrected chi connectivity index (χ3v) is 5.28. The number of hydrogen-bond donors (Lipinski definition) is 1. The van der Waals surface area contributed by atoms with E-state index in [-0.39, 0.29) is 11.8 Å². The van der Waals surface area contributed by atoms with E-state index in [0.29, 0.717) is 23.1 Å². The number of piperidine rings is 1. The molecule has 1 heterocycles. The molecule has 0 aromatic heterocycles. The standard InChI is InChI=1S/C20H28N2O2/c1-15-6-5-13-22(14-15)20(24)17-11-9-16(10-12-17)19(23)21-18-7-3-2-4-8-18/h9-12,15,18H,2-8,13-14H2,1H3,(H,21,23). The van der Waals surface area contributed by atoms with Crippen molar-refractivity contribution in [2.75, 3.05) is 13.1 Å². The van der Waals surface area contributed by atoms with Crippen LogP contribution in [0.5, 0.6) is 0 Å². The molecule has 1 N–H and O–H groups in total. The zero-order chi connectivity index (χ0) is 16.9. The molecule has 1 aromatic carbocycles. The molecule has 4 heteroatoms. The number of benzene rings is 1. The lowest BCUT2D eigenvalue weighted by molar-refractivity contribution is 0.0682. The van der Waals surface area contributed by atoms with Crippen LogP contribution >= 0.6 is 0 Å². The largest absolute Gasteiger partial charge is 0.349 e. The van der Waals surface area contributed by atoms with E-state index in [1.807, 2.05) is 4.90 Å². The van der Waals surface area contributed by atoms with Crippen LogP contribution in [0.2, 0.25) is 0 Å². The predicted octanol–water partition coefficient (Wildman–Crippen LogP) is 3.62. The third kappa shape index (κ3) is 4.16. The van der Waals surface area contributed by atoms with E-state index in [1.165, 1.54) is 25.7 Å². The second-order valence-corrected chi connectivity index (χ2v) is 7.38. The van der Waals surface area contributed by atoms with Crippen LogP contribution in [-0.4, -0.2) is 35.8 Å². The molecule has 1 aliphatic heterocycles. The lowest BCUT2D eigenvalue weighted by Crippen LogP contribution is -2.39. The van der Waals surface area contributed by atoms with E-state index >= 15 is 0 Å². The van der Waals surface area contributed by atoms with Crippen molar-refractivity contribution in [2.45, 2.75) is 57.9 Å². The van der Waals surface area contributed by atoms with Gasteiger partial charge in [-0.05, 0) is 55.9 Å². The number of likely N-dealkylation sites (tertiary alicyclic amines) is 1. The summed E-state index contributed by atoms with van der Waals surface area (Å²) in [7, 11) is 0. The lowest BCUT2D eigenvalue weighted by atomic mass is 9.95. The zero-order valence-electron chi connectivity index (χ0n) is 14.6. The molecule has 1 atom stereocenters. The number of hydrogen-bond acceptors (Lipinski definition) is 2. The highest BCUT2D eigenvalue weighted by Gasteiger charge is 2.22. The fourth-order valence-corrected chi connectivity index (χ4v) is 3.84. The SMILES string of the molecule is CC1CCCN(C(=O)c2ccc(C(=O)NC3CCCCC3)cc2)C1. The van der Waals surface area contributed by atoms with Crippen LogP contribution in [-0.2, 0) is 0 Å². The Kier molecular flexibility index (Phi) is 5.54. The van der Waals surface area contributed by atoms with E-state index in [0.717, 1.165) is 32.4 Å². The first-order valence-corrected chi connectivity index (χ1v) is 9.33. The smallest absolute Gasteiger partial charge is 0.253 e. The summed E-state index contributed by atoms with van der Waals surface area (Å²) in [6.07, 6.45) is 8.11. The molecule has 1 unspecified atom stereocenters. The van der Waals surface area contributed by atoms with Crippen molar-refractivity contribution in [1.82, 2.24) is 10.2 Å². The normalized spacial score (nSPS) is 22.2. The van der Waals surface area contributed by atoms with Crippen LogP contribution in [0.1, 0.15) is 72.6 Å². The van der Waals surface area contributed by atoms with Gasteiger partial charge in [0.15, 0.2) is 0 Å². The zero-order valence-corrected chi connectivity index (χ0v) is 14.6. The first-order chi connectivity index (χ1) is 11.6. The summed E-state index contributed by atoms with van der Waals surface area (Å²) in [6, 6.07) is 7.44. The van der Waals surface area contributed by atoms with E-state index in [2.05, 4.69) is 12.2 Å². The number of carbonyl (C=O) groups is 2. The Morgan fingerprint density at radius 2 is 1.62 bits per heavy atom. The Labute approximate surface area is 144 Å². The summed E-state index contributed by atoms with van der Waals surface area (Å²) < 4.78 is 0. The first kappa shape index (κ1) is 17.0.